The summed E-state index contributed by atoms with van der Waals surface area (Å²) in [5.41, 5.74) is 5.71. The van der Waals surface area contributed by atoms with E-state index in [4.69, 9.17) is 10.5 Å². The Bertz CT molecular complexity index is 369. The maximum Gasteiger partial charge on any atom is 0.325 e. The standard InChI is InChI=1S/C15H27N3O3/c1-18-12-14(20)21-11-9-7-5-3-2-4-6-8-10-13(19)17-15(18)16/h2-12H2,1H3,(H2,16,17,19). The van der Waals surface area contributed by atoms with Crippen molar-refractivity contribution in [3.8, 4) is 0 Å². The van der Waals surface area contributed by atoms with Crippen LogP contribution in [0.2, 0.25) is 0 Å². The van der Waals surface area contributed by atoms with Crippen LogP contribution in [0.4, 0.5) is 0 Å². The first-order valence-electron chi connectivity index (χ1n) is 7.83. The average molecular weight is 297 g/mol. The minimum absolute atomic E-state index is 0.0165. The number of hydrogen-bond acceptors (Lipinski definition) is 5. The number of aliphatic imine (C=N–C) groups is 1. The van der Waals surface area contributed by atoms with Crippen molar-refractivity contribution in [1.82, 2.24) is 4.90 Å². The van der Waals surface area contributed by atoms with E-state index < -0.39 is 0 Å². The molecule has 2 N–H and O–H groups in total. The molecule has 1 aliphatic heterocycles. The average Bonchev–Trinajstić information content (AvgIpc) is 2.43. The zero-order valence-electron chi connectivity index (χ0n) is 13.0. The Morgan fingerprint density at radius 2 is 1.57 bits per heavy atom. The Morgan fingerprint density at radius 3 is 2.24 bits per heavy atom. The molecule has 0 atom stereocenters. The van der Waals surface area contributed by atoms with Crippen LogP contribution in [0.3, 0.4) is 0 Å². The van der Waals surface area contributed by atoms with Gasteiger partial charge in [0.15, 0.2) is 5.96 Å². The lowest BCUT2D eigenvalue weighted by atomic mass is 10.1. The first kappa shape index (κ1) is 17.5. The number of rotatable bonds is 0. The minimum Gasteiger partial charge on any atom is -0.464 e. The first-order chi connectivity index (χ1) is 10.1. The molecule has 0 saturated heterocycles. The summed E-state index contributed by atoms with van der Waals surface area (Å²) in [5.74, 6) is -0.495. The molecule has 1 amide bonds. The number of esters is 1. The van der Waals surface area contributed by atoms with Gasteiger partial charge in [-0.25, -0.2) is 0 Å². The number of likely N-dealkylation sites (N-methyl/N-ethyl adjacent to an activating group) is 1. The van der Waals surface area contributed by atoms with Gasteiger partial charge in [-0.15, -0.1) is 0 Å². The van der Waals surface area contributed by atoms with E-state index in [-0.39, 0.29) is 24.4 Å². The van der Waals surface area contributed by atoms with Gasteiger partial charge in [-0.3, -0.25) is 9.59 Å². The Kier molecular flexibility index (Phi) is 8.47. The van der Waals surface area contributed by atoms with Crippen LogP contribution in [0.5, 0.6) is 0 Å². The highest BCUT2D eigenvalue weighted by atomic mass is 16.5. The van der Waals surface area contributed by atoms with Crippen LogP contribution in [0.15, 0.2) is 4.99 Å². The summed E-state index contributed by atoms with van der Waals surface area (Å²) < 4.78 is 5.14. The second kappa shape index (κ2) is 10.2. The number of hydrogen-bond donors (Lipinski definition) is 1. The molecule has 6 nitrogen and oxygen atoms in total. The van der Waals surface area contributed by atoms with Crippen LogP contribution in [0.25, 0.3) is 0 Å². The van der Waals surface area contributed by atoms with Crippen LogP contribution in [-0.2, 0) is 14.3 Å². The van der Waals surface area contributed by atoms with Crippen molar-refractivity contribution in [3.63, 3.8) is 0 Å². The molecule has 1 heterocycles. The van der Waals surface area contributed by atoms with Gasteiger partial charge in [-0.1, -0.05) is 38.5 Å². The maximum absolute atomic E-state index is 11.7. The lowest BCUT2D eigenvalue weighted by molar-refractivity contribution is -0.144. The van der Waals surface area contributed by atoms with Crippen LogP contribution < -0.4 is 5.73 Å². The van der Waals surface area contributed by atoms with Crippen LogP contribution >= 0.6 is 0 Å². The summed E-state index contributed by atoms with van der Waals surface area (Å²) >= 11 is 0. The number of amides is 1. The van der Waals surface area contributed by atoms with Crippen molar-refractivity contribution in [2.75, 3.05) is 20.2 Å². The van der Waals surface area contributed by atoms with E-state index in [1.807, 2.05) is 0 Å². The number of cyclic esters (lactones) is 1. The molecule has 0 aromatic heterocycles. The van der Waals surface area contributed by atoms with Crippen LogP contribution in [0.1, 0.15) is 57.8 Å². The summed E-state index contributed by atoms with van der Waals surface area (Å²) in [4.78, 5) is 28.5. The smallest absolute Gasteiger partial charge is 0.325 e. The molecule has 1 aliphatic rings. The maximum atomic E-state index is 11.7. The van der Waals surface area contributed by atoms with Gasteiger partial charge < -0.3 is 15.4 Å². The molecule has 0 spiro atoms. The van der Waals surface area contributed by atoms with E-state index in [1.54, 1.807) is 7.05 Å². The SMILES string of the molecule is CN1CC(=O)OCCCCCCCCCCC(=O)N=C1N. The van der Waals surface area contributed by atoms with Gasteiger partial charge in [0, 0.05) is 13.5 Å². The highest BCUT2D eigenvalue weighted by molar-refractivity contribution is 5.93. The van der Waals surface area contributed by atoms with Crippen molar-refractivity contribution >= 4 is 17.8 Å². The number of carbonyl (C=O) groups excluding carboxylic acids is 2. The van der Waals surface area contributed by atoms with E-state index in [2.05, 4.69) is 4.99 Å². The third-order valence-electron chi connectivity index (χ3n) is 3.54. The zero-order chi connectivity index (χ0) is 15.5. The van der Waals surface area contributed by atoms with Gasteiger partial charge >= 0.3 is 5.97 Å². The number of carbonyl (C=O) groups is 2. The van der Waals surface area contributed by atoms with Crippen LogP contribution in [-0.4, -0.2) is 42.9 Å². The molecule has 120 valence electrons. The lowest BCUT2D eigenvalue weighted by Crippen LogP contribution is -2.39. The molecule has 0 aromatic rings. The summed E-state index contributed by atoms with van der Waals surface area (Å²) in [6.45, 7) is 0.464. The summed E-state index contributed by atoms with van der Waals surface area (Å²) in [7, 11) is 1.63. The second-order valence-corrected chi connectivity index (χ2v) is 5.52. The second-order valence-electron chi connectivity index (χ2n) is 5.52. The molecule has 21 heavy (non-hydrogen) atoms. The van der Waals surface area contributed by atoms with Crippen LogP contribution in [0, 0.1) is 0 Å². The van der Waals surface area contributed by atoms with E-state index in [0.717, 1.165) is 32.1 Å². The molecule has 0 fully saturated rings. The molecule has 0 aliphatic carbocycles. The van der Waals surface area contributed by atoms with Gasteiger partial charge in [0.2, 0.25) is 5.91 Å². The molecule has 0 aromatic carbocycles. The third-order valence-corrected chi connectivity index (χ3v) is 3.54. The highest BCUT2D eigenvalue weighted by Gasteiger charge is 2.11. The van der Waals surface area contributed by atoms with Crippen molar-refractivity contribution in [3.05, 3.63) is 0 Å². The number of guanidine groups is 1. The van der Waals surface area contributed by atoms with Crippen molar-refractivity contribution in [2.24, 2.45) is 10.7 Å². The summed E-state index contributed by atoms with van der Waals surface area (Å²) in [6, 6.07) is 0. The Morgan fingerprint density at radius 1 is 1.00 bits per heavy atom. The lowest BCUT2D eigenvalue weighted by Gasteiger charge is -2.16. The molecule has 6 heteroatoms. The fourth-order valence-electron chi connectivity index (χ4n) is 2.21. The van der Waals surface area contributed by atoms with Gasteiger partial charge in [0.25, 0.3) is 0 Å². The predicted molar refractivity (Wildman–Crippen MR) is 81.8 cm³/mol. The topological polar surface area (TPSA) is 85.0 Å². The fourth-order valence-corrected chi connectivity index (χ4v) is 2.21. The fraction of sp³-hybridized carbons (Fsp3) is 0.800. The molecule has 0 unspecified atom stereocenters. The zero-order valence-corrected chi connectivity index (χ0v) is 13.0. The largest absolute Gasteiger partial charge is 0.464 e. The van der Waals surface area contributed by atoms with Gasteiger partial charge in [-0.2, -0.15) is 4.99 Å². The van der Waals surface area contributed by atoms with Crippen molar-refractivity contribution in [1.29, 1.82) is 0 Å². The van der Waals surface area contributed by atoms with Gasteiger partial charge in [-0.05, 0) is 12.8 Å². The monoisotopic (exact) mass is 297 g/mol. The van der Waals surface area contributed by atoms with Gasteiger partial charge in [0.1, 0.15) is 6.54 Å². The van der Waals surface area contributed by atoms with Gasteiger partial charge in [0.05, 0.1) is 6.61 Å². The van der Waals surface area contributed by atoms with E-state index in [0.29, 0.717) is 13.0 Å². The van der Waals surface area contributed by atoms with E-state index in [1.165, 1.54) is 24.2 Å². The molecule has 0 bridgehead atoms. The number of nitrogens with zero attached hydrogens (tertiary/aromatic N) is 2. The first-order valence-corrected chi connectivity index (χ1v) is 7.83. The normalized spacial score (nSPS) is 21.4. The minimum atomic E-state index is -0.340. The Labute approximate surface area is 126 Å². The van der Waals surface area contributed by atoms with Crippen molar-refractivity contribution in [2.45, 2.75) is 57.8 Å². The van der Waals surface area contributed by atoms with E-state index >= 15 is 0 Å². The number of ether oxygens (including phenoxy) is 1. The number of nitrogens with two attached hydrogens (primary N) is 1. The Hall–Kier alpha value is -1.59. The molecule has 0 radical (unpaired) electrons. The molecular formula is C15H27N3O3. The predicted octanol–water partition coefficient (Wildman–Crippen LogP) is 1.83. The highest BCUT2D eigenvalue weighted by Crippen LogP contribution is 2.10. The summed E-state index contributed by atoms with van der Waals surface area (Å²) in [6.07, 6.45) is 9.04. The third kappa shape index (κ3) is 8.32. The van der Waals surface area contributed by atoms with Crippen molar-refractivity contribution < 1.29 is 14.3 Å². The molecule has 1 rings (SSSR count). The quantitative estimate of drug-likeness (QED) is 0.689. The van der Waals surface area contributed by atoms with E-state index in [9.17, 15) is 9.59 Å². The molecular weight excluding hydrogens is 270 g/mol. The summed E-state index contributed by atoms with van der Waals surface area (Å²) in [5, 5.41) is 0. The Balaban J connectivity index is 2.52. The molecule has 0 saturated carbocycles.